The van der Waals surface area contributed by atoms with E-state index in [1.165, 1.54) is 11.1 Å². The molecule has 0 radical (unpaired) electrons. The molecule has 2 rings (SSSR count). The number of unbranched alkanes of at least 4 members (excludes halogenated alkanes) is 1. The number of amides is 3. The molecule has 0 aromatic heterocycles. The third kappa shape index (κ3) is 14.9. The minimum Gasteiger partial charge on any atom is -0.356 e. The summed E-state index contributed by atoms with van der Waals surface area (Å²) in [6.07, 6.45) is 5.19. The largest absolute Gasteiger partial charge is 0.356 e. The molecule has 46 heavy (non-hydrogen) atoms. The van der Waals surface area contributed by atoms with Gasteiger partial charge in [0.05, 0.1) is 12.8 Å². The number of carbonyl (C=O) groups excluding carboxylic acids is 3. The lowest BCUT2D eigenvalue weighted by atomic mass is 9.79. The van der Waals surface area contributed by atoms with Gasteiger partial charge in [-0.3, -0.25) is 14.4 Å². The highest BCUT2D eigenvalue weighted by Crippen LogP contribution is 2.30. The normalized spacial score (nSPS) is 12.7. The molecular weight excluding hydrogens is 574 g/mol. The van der Waals surface area contributed by atoms with E-state index in [1.807, 2.05) is 38.1 Å². The minimum absolute atomic E-state index is 0.0224. The fourth-order valence-corrected chi connectivity index (χ4v) is 5.08. The summed E-state index contributed by atoms with van der Waals surface area (Å²) in [5.74, 6) is 0.585. The van der Waals surface area contributed by atoms with Gasteiger partial charge in [-0.25, -0.2) is 0 Å². The van der Waals surface area contributed by atoms with Crippen LogP contribution in [0.3, 0.4) is 0 Å². The number of hydrogen-bond donors (Lipinski definition) is 3. The first kappa shape index (κ1) is 39.0. The molecule has 0 bridgehead atoms. The van der Waals surface area contributed by atoms with Crippen molar-refractivity contribution in [1.29, 1.82) is 0 Å². The molecular formula is C39H61N3O4. The predicted molar refractivity (Wildman–Crippen MR) is 188 cm³/mol. The van der Waals surface area contributed by atoms with Crippen LogP contribution in [0.4, 0.5) is 0 Å². The Morgan fingerprint density at radius 2 is 1.30 bits per heavy atom. The monoisotopic (exact) mass is 635 g/mol. The average molecular weight is 636 g/mol. The Kier molecular flexibility index (Phi) is 16.0. The van der Waals surface area contributed by atoms with Gasteiger partial charge in [0.2, 0.25) is 17.7 Å². The highest BCUT2D eigenvalue weighted by atomic mass is 16.5. The fourth-order valence-electron chi connectivity index (χ4n) is 5.08. The molecule has 2 aromatic carbocycles. The summed E-state index contributed by atoms with van der Waals surface area (Å²) in [5, 5.41) is 8.98. The molecule has 0 saturated heterocycles. The van der Waals surface area contributed by atoms with Crippen LogP contribution in [0, 0.1) is 17.3 Å². The van der Waals surface area contributed by atoms with Gasteiger partial charge in [-0.2, -0.15) is 0 Å². The van der Waals surface area contributed by atoms with Crippen LogP contribution in [0.5, 0.6) is 0 Å². The Labute approximate surface area is 279 Å². The first-order chi connectivity index (χ1) is 21.6. The minimum atomic E-state index is -0.886. The van der Waals surface area contributed by atoms with Crippen LogP contribution in [0.15, 0.2) is 48.5 Å². The molecule has 0 aliphatic carbocycles. The predicted octanol–water partition coefficient (Wildman–Crippen LogP) is 6.95. The third-order valence-electron chi connectivity index (χ3n) is 8.92. The van der Waals surface area contributed by atoms with E-state index < -0.39 is 11.8 Å². The molecule has 0 heterocycles. The zero-order valence-corrected chi connectivity index (χ0v) is 30.1. The summed E-state index contributed by atoms with van der Waals surface area (Å²) in [4.78, 5) is 39.1. The summed E-state index contributed by atoms with van der Waals surface area (Å²) < 4.78 is 6.11. The summed E-state index contributed by atoms with van der Waals surface area (Å²) in [6, 6.07) is 15.5. The second-order valence-electron chi connectivity index (χ2n) is 14.6. The van der Waals surface area contributed by atoms with E-state index in [0.29, 0.717) is 50.7 Å². The Bertz CT molecular complexity index is 1220. The molecule has 0 aliphatic heterocycles. The zero-order chi connectivity index (χ0) is 34.3. The van der Waals surface area contributed by atoms with Gasteiger partial charge in [0.1, 0.15) is 11.8 Å². The van der Waals surface area contributed by atoms with Gasteiger partial charge in [-0.1, -0.05) is 97.0 Å². The summed E-state index contributed by atoms with van der Waals surface area (Å²) in [5.41, 5.74) is 3.63. The average Bonchev–Trinajstić information content (AvgIpc) is 2.97. The summed E-state index contributed by atoms with van der Waals surface area (Å²) in [6.45, 7) is 20.1. The van der Waals surface area contributed by atoms with Crippen molar-refractivity contribution in [1.82, 2.24) is 16.0 Å². The van der Waals surface area contributed by atoms with Crippen molar-refractivity contribution in [3.63, 3.8) is 0 Å². The number of aryl methyl sites for hydroxylation is 1. The molecule has 0 saturated carbocycles. The maximum atomic E-state index is 13.5. The molecule has 7 heteroatoms. The van der Waals surface area contributed by atoms with E-state index >= 15 is 0 Å². The lowest BCUT2D eigenvalue weighted by Gasteiger charge is -2.33. The van der Waals surface area contributed by atoms with E-state index in [4.69, 9.17) is 4.74 Å². The molecule has 2 aromatic rings. The lowest BCUT2D eigenvalue weighted by Crippen LogP contribution is -2.54. The molecule has 3 N–H and O–H groups in total. The smallest absolute Gasteiger partial charge is 0.244 e. The van der Waals surface area contributed by atoms with Gasteiger partial charge in [-0.05, 0) is 91.9 Å². The molecule has 0 spiro atoms. The Morgan fingerprint density at radius 3 is 1.85 bits per heavy atom. The number of nitrogens with one attached hydrogen (secondary N) is 3. The van der Waals surface area contributed by atoms with Crippen molar-refractivity contribution < 1.29 is 19.1 Å². The Morgan fingerprint density at radius 1 is 0.761 bits per heavy atom. The molecule has 3 amide bonds. The molecule has 1 atom stereocenters. The lowest BCUT2D eigenvalue weighted by molar-refractivity contribution is -0.136. The Balaban J connectivity index is 1.95. The number of rotatable bonds is 20. The van der Waals surface area contributed by atoms with Gasteiger partial charge >= 0.3 is 0 Å². The fraction of sp³-hybridized carbons (Fsp3) is 0.615. The van der Waals surface area contributed by atoms with Gasteiger partial charge in [0, 0.05) is 13.2 Å². The first-order valence-corrected chi connectivity index (χ1v) is 17.3. The number of benzene rings is 2. The molecule has 256 valence electrons. The van der Waals surface area contributed by atoms with Crippen molar-refractivity contribution in [2.75, 3.05) is 13.2 Å². The summed E-state index contributed by atoms with van der Waals surface area (Å²) in [7, 11) is 0. The Hall–Kier alpha value is -3.19. The van der Waals surface area contributed by atoms with Gasteiger partial charge in [0.25, 0.3) is 0 Å². The van der Waals surface area contributed by atoms with Crippen LogP contribution in [0.25, 0.3) is 0 Å². The number of hydrogen-bond acceptors (Lipinski definition) is 4. The topological polar surface area (TPSA) is 96.5 Å². The van der Waals surface area contributed by atoms with Crippen molar-refractivity contribution in [2.24, 2.45) is 17.3 Å². The molecule has 7 nitrogen and oxygen atoms in total. The SMILES string of the molecule is CCc1ccc(CC(=O)NCCCCC(NC(=O)Cc2ccc(CC(C)C)cc2)C(=O)NC(C)(C)OCCC(C)(C)C(C)C)cc1. The van der Waals surface area contributed by atoms with E-state index in [9.17, 15) is 14.4 Å². The highest BCUT2D eigenvalue weighted by Gasteiger charge is 2.29. The van der Waals surface area contributed by atoms with Crippen LogP contribution in [-0.2, 0) is 44.8 Å². The molecule has 1 unspecified atom stereocenters. The van der Waals surface area contributed by atoms with E-state index in [-0.39, 0.29) is 29.6 Å². The maximum Gasteiger partial charge on any atom is 0.244 e. The first-order valence-electron chi connectivity index (χ1n) is 17.3. The second kappa shape index (κ2) is 18.8. The zero-order valence-electron chi connectivity index (χ0n) is 30.1. The van der Waals surface area contributed by atoms with E-state index in [0.717, 1.165) is 30.4 Å². The van der Waals surface area contributed by atoms with E-state index in [1.54, 1.807) is 0 Å². The van der Waals surface area contributed by atoms with Gasteiger partial charge in [-0.15, -0.1) is 0 Å². The van der Waals surface area contributed by atoms with Gasteiger partial charge in [0.15, 0.2) is 0 Å². The van der Waals surface area contributed by atoms with Crippen LogP contribution < -0.4 is 16.0 Å². The van der Waals surface area contributed by atoms with E-state index in [2.05, 4.69) is 88.7 Å². The van der Waals surface area contributed by atoms with Crippen molar-refractivity contribution in [3.8, 4) is 0 Å². The highest BCUT2D eigenvalue weighted by molar-refractivity contribution is 5.88. The second-order valence-corrected chi connectivity index (χ2v) is 14.6. The van der Waals surface area contributed by atoms with Crippen LogP contribution in [0.2, 0.25) is 0 Å². The number of carbonyl (C=O) groups is 3. The van der Waals surface area contributed by atoms with Crippen LogP contribution in [-0.4, -0.2) is 42.6 Å². The van der Waals surface area contributed by atoms with Crippen molar-refractivity contribution in [2.45, 2.75) is 125 Å². The standard InChI is InChI=1S/C39H61N3O4/c1-10-30-14-16-32(17-15-30)26-35(43)40-23-12-11-13-34(37(45)42-39(8,9)46-24-22-38(6,7)29(4)5)41-36(44)27-33-20-18-31(19-21-33)25-28(2)3/h14-21,28-29,34H,10-13,22-27H2,1-9H3,(H,40,43)(H,41,44)(H,42,45). The van der Waals surface area contributed by atoms with Gasteiger partial charge < -0.3 is 20.7 Å². The quantitative estimate of drug-likeness (QED) is 0.108. The number of ether oxygens (including phenoxy) is 1. The maximum absolute atomic E-state index is 13.5. The van der Waals surface area contributed by atoms with Crippen LogP contribution in [0.1, 0.15) is 110 Å². The van der Waals surface area contributed by atoms with Crippen molar-refractivity contribution >= 4 is 17.7 Å². The van der Waals surface area contributed by atoms with Crippen molar-refractivity contribution in [3.05, 3.63) is 70.8 Å². The molecule has 0 fully saturated rings. The molecule has 0 aliphatic rings. The van der Waals surface area contributed by atoms with Crippen LogP contribution >= 0.6 is 0 Å². The summed E-state index contributed by atoms with van der Waals surface area (Å²) >= 11 is 0. The third-order valence-corrected chi connectivity index (χ3v) is 8.92.